The molecule has 1 aliphatic carbocycles. The first-order valence-corrected chi connectivity index (χ1v) is 13.7. The zero-order valence-electron chi connectivity index (χ0n) is 23.1. The first kappa shape index (κ1) is 27.8. The lowest BCUT2D eigenvalue weighted by Gasteiger charge is -2.39. The Morgan fingerprint density at radius 2 is 2.02 bits per heavy atom. The molecule has 42 heavy (non-hydrogen) atoms. The molecular formula is C29H30FN5O7. The second kappa shape index (κ2) is 9.60. The molecule has 0 saturated carbocycles. The number of esters is 1. The van der Waals surface area contributed by atoms with Crippen LogP contribution < -0.4 is 22.3 Å². The molecule has 1 aromatic carbocycles. The van der Waals surface area contributed by atoms with Crippen LogP contribution >= 0.6 is 0 Å². The number of amides is 2. The zero-order valence-corrected chi connectivity index (χ0v) is 23.1. The Balaban J connectivity index is 1.65. The number of carbonyl (C=O) groups is 3. The van der Waals surface area contributed by atoms with Gasteiger partial charge in [-0.25, -0.2) is 19.0 Å². The van der Waals surface area contributed by atoms with Gasteiger partial charge in [0.05, 0.1) is 35.6 Å². The van der Waals surface area contributed by atoms with Gasteiger partial charge in [-0.15, -0.1) is 0 Å². The standard InChI is InChI=1S/C29H30FN5O7/c1-3-29(40)17-8-20-24-15(11-35(20)25(37)16(17)12-41-26(29)38)23-22-14(13(2)18(30)9-19(22)34-24)4-5-28(23,42-27(32)39)6-7-33-21(36)10-31/h8-9,40H,3-7,10-12,31H2,1-2H3,(H2,32,39)(H,33,36)/t28-,29-/m0/s1. The number of fused-ring (bicyclic) bond motifs is 5. The van der Waals surface area contributed by atoms with Crippen molar-refractivity contribution in [2.75, 3.05) is 13.1 Å². The van der Waals surface area contributed by atoms with Crippen molar-refractivity contribution in [2.45, 2.75) is 63.9 Å². The molecule has 3 aliphatic rings. The van der Waals surface area contributed by atoms with Crippen LogP contribution in [0.1, 0.15) is 59.6 Å². The van der Waals surface area contributed by atoms with Crippen LogP contribution in [0.2, 0.25) is 0 Å². The molecule has 3 aromatic rings. The van der Waals surface area contributed by atoms with Crippen LogP contribution in [0.15, 0.2) is 16.9 Å². The van der Waals surface area contributed by atoms with E-state index in [1.54, 1.807) is 19.9 Å². The highest BCUT2D eigenvalue weighted by Gasteiger charge is 2.48. The van der Waals surface area contributed by atoms with Crippen molar-refractivity contribution < 1.29 is 33.4 Å². The Bertz CT molecular complexity index is 1790. The van der Waals surface area contributed by atoms with Crippen molar-refractivity contribution in [3.63, 3.8) is 0 Å². The third-order valence-corrected chi connectivity index (χ3v) is 8.87. The molecule has 0 saturated heterocycles. The van der Waals surface area contributed by atoms with Crippen molar-refractivity contribution in [3.05, 3.63) is 61.7 Å². The number of nitrogens with zero attached hydrogens (tertiary/aromatic N) is 2. The zero-order chi connectivity index (χ0) is 30.1. The Kier molecular flexibility index (Phi) is 6.35. The molecule has 4 heterocycles. The summed E-state index contributed by atoms with van der Waals surface area (Å²) >= 11 is 0. The van der Waals surface area contributed by atoms with E-state index in [-0.39, 0.29) is 62.1 Å². The van der Waals surface area contributed by atoms with Crippen LogP contribution in [-0.4, -0.2) is 45.7 Å². The van der Waals surface area contributed by atoms with Crippen molar-refractivity contribution in [1.29, 1.82) is 0 Å². The number of aromatic nitrogens is 2. The summed E-state index contributed by atoms with van der Waals surface area (Å²) in [5, 5.41) is 14.5. The molecule has 0 spiro atoms. The van der Waals surface area contributed by atoms with Gasteiger partial charge in [0, 0.05) is 41.1 Å². The summed E-state index contributed by atoms with van der Waals surface area (Å²) in [5.41, 5.74) is 10.7. The fourth-order valence-corrected chi connectivity index (χ4v) is 6.73. The van der Waals surface area contributed by atoms with Crippen molar-refractivity contribution >= 4 is 28.9 Å². The van der Waals surface area contributed by atoms with E-state index < -0.39 is 40.5 Å². The maximum absolute atomic E-state index is 15.2. The fourth-order valence-electron chi connectivity index (χ4n) is 6.73. The van der Waals surface area contributed by atoms with Crippen molar-refractivity contribution in [2.24, 2.45) is 11.5 Å². The minimum absolute atomic E-state index is 0.0249. The molecule has 0 radical (unpaired) electrons. The number of nitrogens with two attached hydrogens (primary N) is 2. The number of cyclic esters (lactones) is 1. The summed E-state index contributed by atoms with van der Waals surface area (Å²) in [6.45, 7) is 2.89. The molecular weight excluding hydrogens is 549 g/mol. The first-order valence-electron chi connectivity index (χ1n) is 13.7. The Morgan fingerprint density at radius 3 is 2.71 bits per heavy atom. The van der Waals surface area contributed by atoms with Gasteiger partial charge in [0.25, 0.3) is 5.56 Å². The lowest BCUT2D eigenvalue weighted by molar-refractivity contribution is -0.172. The number of aliphatic hydroxyl groups is 1. The number of pyridine rings is 2. The van der Waals surface area contributed by atoms with E-state index in [0.717, 1.165) is 0 Å². The number of rotatable bonds is 6. The Labute approximate surface area is 238 Å². The van der Waals surface area contributed by atoms with Crippen LogP contribution in [0.3, 0.4) is 0 Å². The highest BCUT2D eigenvalue weighted by atomic mass is 19.1. The quantitative estimate of drug-likeness (QED) is 0.244. The summed E-state index contributed by atoms with van der Waals surface area (Å²) in [5.74, 6) is -1.70. The average molecular weight is 580 g/mol. The number of halogens is 1. The molecule has 0 unspecified atom stereocenters. The SMILES string of the molecule is CC[C@@]1(O)C(=O)OCc2c1cc1n(c2=O)Cc2c-1nc1cc(F)c(C)c3c1c2[C@](CCNC(=O)CN)(OC(N)=O)CC3. The number of hydrogen-bond acceptors (Lipinski definition) is 9. The topological polar surface area (TPSA) is 189 Å². The summed E-state index contributed by atoms with van der Waals surface area (Å²) in [6, 6.07) is 2.86. The highest BCUT2D eigenvalue weighted by Crippen LogP contribution is 2.50. The summed E-state index contributed by atoms with van der Waals surface area (Å²) in [6.07, 6.45) is -0.355. The molecule has 6 N–H and O–H groups in total. The first-order chi connectivity index (χ1) is 20.0. The van der Waals surface area contributed by atoms with Crippen LogP contribution in [0.4, 0.5) is 9.18 Å². The molecule has 12 nitrogen and oxygen atoms in total. The molecule has 6 rings (SSSR count). The van der Waals surface area contributed by atoms with Crippen LogP contribution in [0.5, 0.6) is 0 Å². The molecule has 2 atom stereocenters. The minimum Gasteiger partial charge on any atom is -0.458 e. The van der Waals surface area contributed by atoms with Gasteiger partial charge in [-0.2, -0.15) is 0 Å². The van der Waals surface area contributed by atoms with Crippen molar-refractivity contribution in [1.82, 2.24) is 14.9 Å². The third kappa shape index (κ3) is 3.83. The average Bonchev–Trinajstić information content (AvgIpc) is 3.32. The number of primary amides is 1. The van der Waals surface area contributed by atoms with E-state index in [1.807, 2.05) is 0 Å². The van der Waals surface area contributed by atoms with Crippen LogP contribution in [0, 0.1) is 12.7 Å². The van der Waals surface area contributed by atoms with Crippen molar-refractivity contribution in [3.8, 4) is 11.4 Å². The minimum atomic E-state index is -2.02. The van der Waals surface area contributed by atoms with E-state index in [9.17, 15) is 24.3 Å². The summed E-state index contributed by atoms with van der Waals surface area (Å²) in [4.78, 5) is 55.5. The lowest BCUT2D eigenvalue weighted by Crippen LogP contribution is -2.44. The van der Waals surface area contributed by atoms with Gasteiger partial charge in [0.2, 0.25) is 5.91 Å². The van der Waals surface area contributed by atoms with Crippen LogP contribution in [-0.2, 0) is 49.8 Å². The van der Waals surface area contributed by atoms with Gasteiger partial charge in [0.15, 0.2) is 5.60 Å². The highest BCUT2D eigenvalue weighted by molar-refractivity contribution is 5.94. The number of carbonyl (C=O) groups excluding carboxylic acids is 3. The predicted molar refractivity (Wildman–Crippen MR) is 147 cm³/mol. The van der Waals surface area contributed by atoms with E-state index in [0.29, 0.717) is 45.4 Å². The molecule has 0 fully saturated rings. The van der Waals surface area contributed by atoms with Gasteiger partial charge in [-0.05, 0) is 43.4 Å². The smallest absolute Gasteiger partial charge is 0.405 e. The van der Waals surface area contributed by atoms with Gasteiger partial charge >= 0.3 is 12.1 Å². The second-order valence-corrected chi connectivity index (χ2v) is 11.0. The molecule has 2 amide bonds. The van der Waals surface area contributed by atoms with Gasteiger partial charge in [-0.1, -0.05) is 6.92 Å². The lowest BCUT2D eigenvalue weighted by atomic mass is 9.73. The maximum atomic E-state index is 15.2. The number of nitrogens with one attached hydrogen (secondary N) is 1. The number of benzene rings is 1. The number of hydrogen-bond donors (Lipinski definition) is 4. The van der Waals surface area contributed by atoms with E-state index >= 15 is 4.39 Å². The fraction of sp³-hybridized carbons (Fsp3) is 0.414. The normalized spacial score (nSPS) is 21.8. The largest absolute Gasteiger partial charge is 0.458 e. The Morgan fingerprint density at radius 1 is 1.26 bits per heavy atom. The van der Waals surface area contributed by atoms with E-state index in [2.05, 4.69) is 5.32 Å². The second-order valence-electron chi connectivity index (χ2n) is 11.0. The summed E-state index contributed by atoms with van der Waals surface area (Å²) in [7, 11) is 0. The van der Waals surface area contributed by atoms with E-state index in [4.69, 9.17) is 25.9 Å². The molecule has 2 aliphatic heterocycles. The van der Waals surface area contributed by atoms with Gasteiger partial charge in [-0.3, -0.25) is 9.59 Å². The van der Waals surface area contributed by atoms with E-state index in [1.165, 1.54) is 10.6 Å². The predicted octanol–water partition coefficient (Wildman–Crippen LogP) is 1.23. The Hall–Kier alpha value is -4.36. The van der Waals surface area contributed by atoms with Gasteiger partial charge in [0.1, 0.15) is 18.0 Å². The maximum Gasteiger partial charge on any atom is 0.405 e. The number of ether oxygens (including phenoxy) is 2. The summed E-state index contributed by atoms with van der Waals surface area (Å²) < 4.78 is 27.7. The van der Waals surface area contributed by atoms with Crippen LogP contribution in [0.25, 0.3) is 22.3 Å². The third-order valence-electron chi connectivity index (χ3n) is 8.87. The number of aryl methyl sites for hydroxylation is 1. The molecule has 220 valence electrons. The van der Waals surface area contributed by atoms with Gasteiger partial charge < -0.3 is 35.9 Å². The molecule has 0 bridgehead atoms. The molecule has 2 aromatic heterocycles. The molecule has 13 heteroatoms. The monoisotopic (exact) mass is 579 g/mol.